The number of rotatable bonds is 6. The number of aromatic nitrogens is 3. The number of piperidine rings is 1. The van der Waals surface area contributed by atoms with E-state index in [1.165, 1.54) is 5.56 Å². The summed E-state index contributed by atoms with van der Waals surface area (Å²) >= 11 is 0. The van der Waals surface area contributed by atoms with Gasteiger partial charge in [-0.3, -0.25) is 9.69 Å². The summed E-state index contributed by atoms with van der Waals surface area (Å²) in [5.74, 6) is 0.925. The fourth-order valence-corrected chi connectivity index (χ4v) is 3.47. The highest BCUT2D eigenvalue weighted by atomic mass is 16.2. The van der Waals surface area contributed by atoms with Gasteiger partial charge in [-0.05, 0) is 45.3 Å². The summed E-state index contributed by atoms with van der Waals surface area (Å²) in [5.41, 5.74) is 1.02. The molecule has 140 valence electrons. The van der Waals surface area contributed by atoms with E-state index in [9.17, 15) is 4.79 Å². The van der Waals surface area contributed by atoms with E-state index in [-0.39, 0.29) is 17.4 Å². The summed E-state index contributed by atoms with van der Waals surface area (Å²) in [6.07, 6.45) is 3.47. The molecule has 0 spiro atoms. The molecular weight excluding hydrogens is 326 g/mol. The van der Waals surface area contributed by atoms with Gasteiger partial charge in [0, 0.05) is 18.0 Å². The predicted octanol–water partition coefficient (Wildman–Crippen LogP) is 2.78. The summed E-state index contributed by atoms with van der Waals surface area (Å²) in [7, 11) is 0. The van der Waals surface area contributed by atoms with Gasteiger partial charge in [-0.2, -0.15) is 0 Å². The normalized spacial score (nSPS) is 17.4. The Morgan fingerprint density at radius 1 is 1.23 bits per heavy atom. The lowest BCUT2D eigenvalue weighted by molar-refractivity contribution is -0.133. The quantitative estimate of drug-likeness (QED) is 0.865. The van der Waals surface area contributed by atoms with E-state index >= 15 is 0 Å². The highest BCUT2D eigenvalue weighted by molar-refractivity contribution is 5.82. The average Bonchev–Trinajstić information content (AvgIpc) is 3.11. The lowest BCUT2D eigenvalue weighted by atomic mass is 9.79. The van der Waals surface area contributed by atoms with Crippen LogP contribution in [-0.4, -0.2) is 38.7 Å². The van der Waals surface area contributed by atoms with Crippen LogP contribution in [0.3, 0.4) is 0 Å². The highest BCUT2D eigenvalue weighted by Gasteiger charge is 2.36. The lowest BCUT2D eigenvalue weighted by Gasteiger charge is -2.38. The number of likely N-dealkylation sites (tertiary alicyclic amines) is 1. The first-order chi connectivity index (χ1) is 12.5. The molecule has 0 saturated carbocycles. The Labute approximate surface area is 155 Å². The average molecular weight is 355 g/mol. The van der Waals surface area contributed by atoms with Crippen LogP contribution in [0.1, 0.15) is 51.0 Å². The Bertz CT molecular complexity index is 717. The van der Waals surface area contributed by atoms with Crippen LogP contribution in [0.4, 0.5) is 0 Å². The molecule has 1 aromatic heterocycles. The highest BCUT2D eigenvalue weighted by Crippen LogP contribution is 2.31. The van der Waals surface area contributed by atoms with Gasteiger partial charge in [-0.15, -0.1) is 10.2 Å². The molecule has 1 N–H and O–H groups in total. The predicted molar refractivity (Wildman–Crippen MR) is 101 cm³/mol. The lowest BCUT2D eigenvalue weighted by Crippen LogP contribution is -2.47. The largest absolute Gasteiger partial charge is 0.348 e. The zero-order chi connectivity index (χ0) is 18.6. The van der Waals surface area contributed by atoms with Gasteiger partial charge in [0.1, 0.15) is 6.33 Å². The molecule has 0 aliphatic carbocycles. The second-order valence-electron chi connectivity index (χ2n) is 7.75. The summed E-state index contributed by atoms with van der Waals surface area (Å²) in [4.78, 5) is 15.2. The molecule has 6 nitrogen and oxygen atoms in total. The molecular formula is C20H29N5O. The molecule has 2 heterocycles. The van der Waals surface area contributed by atoms with Crippen LogP contribution in [0.15, 0.2) is 36.7 Å². The molecule has 26 heavy (non-hydrogen) atoms. The molecule has 0 bridgehead atoms. The van der Waals surface area contributed by atoms with Gasteiger partial charge in [-0.25, -0.2) is 0 Å². The fourth-order valence-electron chi connectivity index (χ4n) is 3.47. The minimum absolute atomic E-state index is 0.121. The molecule has 1 amide bonds. The second kappa shape index (κ2) is 7.99. The first-order valence-electron chi connectivity index (χ1n) is 9.41. The zero-order valence-electron chi connectivity index (χ0n) is 16.0. The molecule has 1 fully saturated rings. The third-order valence-corrected chi connectivity index (χ3v) is 5.37. The van der Waals surface area contributed by atoms with Crippen LogP contribution >= 0.6 is 0 Å². The molecule has 1 aliphatic rings. The van der Waals surface area contributed by atoms with Crippen molar-refractivity contribution in [2.45, 2.75) is 52.7 Å². The van der Waals surface area contributed by atoms with E-state index in [0.29, 0.717) is 6.54 Å². The van der Waals surface area contributed by atoms with Crippen molar-refractivity contribution in [2.75, 3.05) is 13.1 Å². The number of benzene rings is 1. The summed E-state index contributed by atoms with van der Waals surface area (Å²) in [6, 6.07) is 10.8. The molecule has 0 unspecified atom stereocenters. The first-order valence-corrected chi connectivity index (χ1v) is 9.41. The van der Waals surface area contributed by atoms with Crippen molar-refractivity contribution < 1.29 is 4.79 Å². The van der Waals surface area contributed by atoms with Crippen LogP contribution in [-0.2, 0) is 17.9 Å². The molecule has 1 saturated heterocycles. The fraction of sp³-hybridized carbons (Fsp3) is 0.550. The van der Waals surface area contributed by atoms with Crippen LogP contribution in [0.5, 0.6) is 0 Å². The van der Waals surface area contributed by atoms with Crippen LogP contribution in [0.2, 0.25) is 0 Å². The van der Waals surface area contributed by atoms with Gasteiger partial charge in [0.2, 0.25) is 5.91 Å². The number of carbonyl (C=O) groups excluding carboxylic acids is 1. The van der Waals surface area contributed by atoms with E-state index in [2.05, 4.69) is 65.5 Å². The summed E-state index contributed by atoms with van der Waals surface area (Å²) < 4.78 is 1.99. The minimum Gasteiger partial charge on any atom is -0.348 e. The molecule has 1 aliphatic heterocycles. The first kappa shape index (κ1) is 18.6. The molecule has 1 aromatic carbocycles. The van der Waals surface area contributed by atoms with Crippen LogP contribution in [0, 0.1) is 5.41 Å². The van der Waals surface area contributed by atoms with Crippen molar-refractivity contribution in [3.05, 3.63) is 48.0 Å². The maximum atomic E-state index is 12.8. The van der Waals surface area contributed by atoms with E-state index in [1.807, 2.05) is 10.6 Å². The Morgan fingerprint density at radius 3 is 2.58 bits per heavy atom. The standard InChI is InChI=1S/C20H29N5O/c1-16(2)25-15-22-23-18(25)13-21-19(26)20(3)9-11-24(12-10-20)14-17-7-5-4-6-8-17/h4-8,15-16H,9-14H2,1-3H3,(H,21,26). The number of amides is 1. The topological polar surface area (TPSA) is 63.1 Å². The van der Waals surface area contributed by atoms with E-state index in [0.717, 1.165) is 38.3 Å². The molecule has 3 rings (SSSR count). The molecule has 0 atom stereocenters. The monoisotopic (exact) mass is 355 g/mol. The van der Waals surface area contributed by atoms with Crippen molar-refractivity contribution in [2.24, 2.45) is 5.41 Å². The van der Waals surface area contributed by atoms with Crippen LogP contribution in [0.25, 0.3) is 0 Å². The zero-order valence-corrected chi connectivity index (χ0v) is 16.0. The minimum atomic E-state index is -0.310. The van der Waals surface area contributed by atoms with Crippen molar-refractivity contribution in [1.29, 1.82) is 0 Å². The van der Waals surface area contributed by atoms with Gasteiger partial charge < -0.3 is 9.88 Å². The third kappa shape index (κ3) is 4.30. The number of hydrogen-bond donors (Lipinski definition) is 1. The molecule has 6 heteroatoms. The van der Waals surface area contributed by atoms with Crippen LogP contribution < -0.4 is 5.32 Å². The van der Waals surface area contributed by atoms with Gasteiger partial charge in [-0.1, -0.05) is 37.3 Å². The summed E-state index contributed by atoms with van der Waals surface area (Å²) in [5, 5.41) is 11.2. The van der Waals surface area contributed by atoms with Crippen molar-refractivity contribution in [3.8, 4) is 0 Å². The SMILES string of the molecule is CC(C)n1cnnc1CNC(=O)C1(C)CCN(Cc2ccccc2)CC1. The van der Waals surface area contributed by atoms with Crippen molar-refractivity contribution in [3.63, 3.8) is 0 Å². The maximum absolute atomic E-state index is 12.8. The van der Waals surface area contributed by atoms with E-state index < -0.39 is 0 Å². The van der Waals surface area contributed by atoms with Crippen molar-refractivity contribution >= 4 is 5.91 Å². The maximum Gasteiger partial charge on any atom is 0.226 e. The molecule has 2 aromatic rings. The van der Waals surface area contributed by atoms with Gasteiger partial charge in [0.15, 0.2) is 5.82 Å². The Kier molecular flexibility index (Phi) is 5.71. The second-order valence-corrected chi connectivity index (χ2v) is 7.75. The van der Waals surface area contributed by atoms with Gasteiger partial charge >= 0.3 is 0 Å². The number of nitrogens with one attached hydrogen (secondary N) is 1. The van der Waals surface area contributed by atoms with Gasteiger partial charge in [0.05, 0.1) is 6.54 Å². The Hall–Kier alpha value is -2.21. The van der Waals surface area contributed by atoms with Crippen molar-refractivity contribution in [1.82, 2.24) is 25.0 Å². The van der Waals surface area contributed by atoms with Gasteiger partial charge in [0.25, 0.3) is 0 Å². The number of hydrogen-bond acceptors (Lipinski definition) is 4. The Balaban J connectivity index is 1.51. The third-order valence-electron chi connectivity index (χ3n) is 5.37. The number of carbonyl (C=O) groups is 1. The Morgan fingerprint density at radius 2 is 1.92 bits per heavy atom. The molecule has 0 radical (unpaired) electrons. The smallest absolute Gasteiger partial charge is 0.226 e. The van der Waals surface area contributed by atoms with E-state index in [1.54, 1.807) is 6.33 Å². The number of nitrogens with zero attached hydrogens (tertiary/aromatic N) is 4. The van der Waals surface area contributed by atoms with E-state index in [4.69, 9.17) is 0 Å². The summed E-state index contributed by atoms with van der Waals surface area (Å²) in [6.45, 7) is 9.52.